The minimum Gasteiger partial charge on any atom is -1.00 e. The van der Waals surface area contributed by atoms with Crippen LogP contribution in [0.3, 0.4) is 0 Å². The van der Waals surface area contributed by atoms with E-state index in [0.717, 1.165) is 0 Å². The van der Waals surface area contributed by atoms with Crippen molar-refractivity contribution in [2.45, 2.75) is 24.7 Å². The predicted octanol–water partition coefficient (Wildman–Crippen LogP) is 1.23. The molecule has 3 nitrogen and oxygen atoms in total. The molecule has 0 saturated heterocycles. The largest absolute Gasteiger partial charge is 1.00 e. The standard InChI is InChI=1S/C10H3BF12O3.Li.H/c12-7(13,14)2-1-3(26-11(24)25)5(9(18,19)20)6(10(21,22)23)4(2)8(15,16)17;;/h1,24-25H;;/q;+1;-1. The molecule has 0 radical (unpaired) electrons. The van der Waals surface area contributed by atoms with Crippen LogP contribution in [-0.2, 0) is 24.7 Å². The van der Waals surface area contributed by atoms with Gasteiger partial charge in [-0.2, -0.15) is 52.7 Å². The summed E-state index contributed by atoms with van der Waals surface area (Å²) in [6.45, 7) is 0. The molecule has 0 fully saturated rings. The molecule has 0 aliphatic heterocycles. The average molecular weight is 418 g/mol. The Bertz CT molecular complexity index is 683. The second kappa shape index (κ2) is 7.65. The molecular formula is C10H4BF12LiO3. The van der Waals surface area contributed by atoms with Crippen molar-refractivity contribution in [3.63, 3.8) is 0 Å². The Morgan fingerprint density at radius 3 is 1.30 bits per heavy atom. The third kappa shape index (κ3) is 5.87. The Hall–Kier alpha value is -1.24. The van der Waals surface area contributed by atoms with E-state index < -0.39 is 66.1 Å². The third-order valence-corrected chi connectivity index (χ3v) is 2.68. The molecule has 0 aliphatic carbocycles. The SMILES string of the molecule is OB(O)Oc1cc(C(F)(F)F)c(C(F)(F)F)c(C(F)(F)F)c1C(F)(F)F.[H-].[Li+]. The van der Waals surface area contributed by atoms with E-state index in [1.807, 2.05) is 0 Å². The number of halogens is 12. The molecule has 0 atom stereocenters. The molecule has 0 aromatic heterocycles. The first-order valence-electron chi connectivity index (χ1n) is 5.80. The minimum absolute atomic E-state index is 0. The van der Waals surface area contributed by atoms with Gasteiger partial charge in [-0.05, 0) is 6.07 Å². The van der Waals surface area contributed by atoms with Gasteiger partial charge in [0.05, 0.1) is 16.7 Å². The molecule has 17 heteroatoms. The van der Waals surface area contributed by atoms with E-state index in [9.17, 15) is 52.7 Å². The normalized spacial score (nSPS) is 13.3. The van der Waals surface area contributed by atoms with Crippen molar-refractivity contribution in [2.24, 2.45) is 0 Å². The molecule has 0 bridgehead atoms. The summed E-state index contributed by atoms with van der Waals surface area (Å²) >= 11 is 0. The van der Waals surface area contributed by atoms with E-state index in [-0.39, 0.29) is 20.3 Å². The van der Waals surface area contributed by atoms with Gasteiger partial charge in [0.25, 0.3) is 0 Å². The Balaban J connectivity index is 0. The maximum absolute atomic E-state index is 12.9. The summed E-state index contributed by atoms with van der Waals surface area (Å²) in [5, 5.41) is 16.8. The zero-order chi connectivity index (χ0) is 20.9. The topological polar surface area (TPSA) is 49.7 Å². The quantitative estimate of drug-likeness (QED) is 0.562. The van der Waals surface area contributed by atoms with Crippen molar-refractivity contribution in [3.8, 4) is 5.75 Å². The Morgan fingerprint density at radius 2 is 1.04 bits per heavy atom. The van der Waals surface area contributed by atoms with Gasteiger partial charge in [0.15, 0.2) is 0 Å². The minimum atomic E-state index is -6.56. The molecular weight excluding hydrogens is 414 g/mol. The van der Waals surface area contributed by atoms with Gasteiger partial charge < -0.3 is 16.1 Å². The van der Waals surface area contributed by atoms with E-state index in [2.05, 4.69) is 4.65 Å². The van der Waals surface area contributed by atoms with Crippen LogP contribution in [0.1, 0.15) is 23.7 Å². The molecule has 27 heavy (non-hydrogen) atoms. The molecule has 0 heterocycles. The number of alkyl halides is 12. The molecule has 1 rings (SSSR count). The van der Waals surface area contributed by atoms with Crippen molar-refractivity contribution in [2.75, 3.05) is 0 Å². The first-order valence-corrected chi connectivity index (χ1v) is 5.80. The van der Waals surface area contributed by atoms with E-state index in [1.165, 1.54) is 0 Å². The summed E-state index contributed by atoms with van der Waals surface area (Å²) in [5.41, 5.74) is -13.8. The van der Waals surface area contributed by atoms with Crippen LogP contribution in [0.5, 0.6) is 5.75 Å². The van der Waals surface area contributed by atoms with Crippen LogP contribution in [0.4, 0.5) is 52.7 Å². The number of benzene rings is 1. The first kappa shape index (κ1) is 25.8. The van der Waals surface area contributed by atoms with Crippen molar-refractivity contribution in [1.29, 1.82) is 0 Å². The van der Waals surface area contributed by atoms with E-state index in [1.54, 1.807) is 0 Å². The molecule has 1 aromatic carbocycles. The molecule has 2 N–H and O–H groups in total. The van der Waals surface area contributed by atoms with E-state index in [0.29, 0.717) is 0 Å². The van der Waals surface area contributed by atoms with Crippen LogP contribution in [0.2, 0.25) is 0 Å². The Kier molecular flexibility index (Phi) is 7.30. The van der Waals surface area contributed by atoms with Gasteiger partial charge in [-0.15, -0.1) is 0 Å². The van der Waals surface area contributed by atoms with Crippen LogP contribution in [0.15, 0.2) is 6.07 Å². The van der Waals surface area contributed by atoms with Crippen molar-refractivity contribution < 1.29 is 87.7 Å². The molecule has 0 spiro atoms. The third-order valence-electron chi connectivity index (χ3n) is 2.68. The predicted molar refractivity (Wildman–Crippen MR) is 58.4 cm³/mol. The average Bonchev–Trinajstić information content (AvgIpc) is 2.31. The van der Waals surface area contributed by atoms with Crippen LogP contribution in [0.25, 0.3) is 0 Å². The summed E-state index contributed by atoms with van der Waals surface area (Å²) in [5.74, 6) is -2.50. The zero-order valence-electron chi connectivity index (χ0n) is 13.5. The first-order chi connectivity index (χ1) is 11.3. The summed E-state index contributed by atoms with van der Waals surface area (Å²) in [6.07, 6.45) is -25.5. The Morgan fingerprint density at radius 1 is 0.667 bits per heavy atom. The summed E-state index contributed by atoms with van der Waals surface area (Å²) in [4.78, 5) is 0. The fraction of sp³-hybridized carbons (Fsp3) is 0.400. The van der Waals surface area contributed by atoms with Crippen LogP contribution < -0.4 is 23.5 Å². The Labute approximate surface area is 154 Å². The van der Waals surface area contributed by atoms with Crippen molar-refractivity contribution >= 4 is 7.32 Å². The fourth-order valence-electron chi connectivity index (χ4n) is 1.95. The maximum Gasteiger partial charge on any atom is 1.00 e. The van der Waals surface area contributed by atoms with Gasteiger partial charge in [0.2, 0.25) is 0 Å². The smallest absolute Gasteiger partial charge is 1.00 e. The number of hydrogen-bond donors (Lipinski definition) is 2. The van der Waals surface area contributed by atoms with Crippen LogP contribution in [-0.4, -0.2) is 17.4 Å². The van der Waals surface area contributed by atoms with Crippen molar-refractivity contribution in [3.05, 3.63) is 28.3 Å². The van der Waals surface area contributed by atoms with Gasteiger partial charge in [-0.25, -0.2) is 0 Å². The zero-order valence-corrected chi connectivity index (χ0v) is 12.5. The van der Waals surface area contributed by atoms with Gasteiger partial charge in [0.1, 0.15) is 11.3 Å². The van der Waals surface area contributed by atoms with E-state index in [4.69, 9.17) is 10.0 Å². The van der Waals surface area contributed by atoms with Crippen LogP contribution in [0, 0.1) is 0 Å². The monoisotopic (exact) mass is 418 g/mol. The second-order valence-corrected chi connectivity index (χ2v) is 4.48. The molecule has 0 saturated carbocycles. The summed E-state index contributed by atoms with van der Waals surface area (Å²) < 4.78 is 158. The molecule has 0 amide bonds. The van der Waals surface area contributed by atoms with Gasteiger partial charge in [0, 0.05) is 0 Å². The van der Waals surface area contributed by atoms with Gasteiger partial charge >= 0.3 is 50.9 Å². The molecule has 0 unspecified atom stereocenters. The maximum atomic E-state index is 12.9. The molecule has 1 aromatic rings. The number of rotatable bonds is 2. The molecule has 150 valence electrons. The fourth-order valence-corrected chi connectivity index (χ4v) is 1.95. The number of hydrogen-bond acceptors (Lipinski definition) is 3. The summed E-state index contributed by atoms with van der Waals surface area (Å²) in [7, 11) is -3.35. The van der Waals surface area contributed by atoms with Crippen LogP contribution >= 0.6 is 0 Å². The van der Waals surface area contributed by atoms with E-state index >= 15 is 0 Å². The molecule has 0 aliphatic rings. The van der Waals surface area contributed by atoms with Gasteiger partial charge in [-0.1, -0.05) is 0 Å². The second-order valence-electron chi connectivity index (χ2n) is 4.48. The van der Waals surface area contributed by atoms with Gasteiger partial charge in [-0.3, -0.25) is 0 Å². The van der Waals surface area contributed by atoms with Crippen molar-refractivity contribution in [1.82, 2.24) is 0 Å². The summed E-state index contributed by atoms with van der Waals surface area (Å²) in [6, 6.07) is -1.04.